The van der Waals surface area contributed by atoms with Crippen LogP contribution >= 0.6 is 11.6 Å². The fraction of sp³-hybridized carbons (Fsp3) is 0.429. The summed E-state index contributed by atoms with van der Waals surface area (Å²) in [7, 11) is 0. The van der Waals surface area contributed by atoms with Crippen molar-refractivity contribution in [1.29, 1.82) is 0 Å². The van der Waals surface area contributed by atoms with Crippen molar-refractivity contribution in [3.63, 3.8) is 0 Å². The van der Waals surface area contributed by atoms with Crippen LogP contribution < -0.4 is 0 Å². The molecule has 1 aliphatic carbocycles. The fourth-order valence-corrected chi connectivity index (χ4v) is 2.45. The lowest BCUT2D eigenvalue weighted by atomic mass is 9.78. The van der Waals surface area contributed by atoms with Crippen molar-refractivity contribution in [3.8, 4) is 0 Å². The third kappa shape index (κ3) is 2.31. The van der Waals surface area contributed by atoms with Gasteiger partial charge in [-0.3, -0.25) is 0 Å². The second kappa shape index (κ2) is 4.60. The highest BCUT2D eigenvalue weighted by atomic mass is 35.5. The number of hydrogen-bond donors (Lipinski definition) is 1. The minimum atomic E-state index is -0.656. The van der Waals surface area contributed by atoms with Crippen LogP contribution in [-0.2, 0) is 5.60 Å². The zero-order chi connectivity index (χ0) is 11.6. The fourth-order valence-electron chi connectivity index (χ4n) is 2.32. The molecule has 1 aromatic carbocycles. The maximum atomic E-state index is 10.6. The first-order valence-corrected chi connectivity index (χ1v) is 6.14. The van der Waals surface area contributed by atoms with Gasteiger partial charge in [0.05, 0.1) is 5.60 Å². The average Bonchev–Trinajstić information content (AvgIpc) is 2.31. The van der Waals surface area contributed by atoms with E-state index in [1.165, 1.54) is 5.57 Å². The van der Waals surface area contributed by atoms with E-state index in [-0.39, 0.29) is 0 Å². The van der Waals surface area contributed by atoms with Crippen LogP contribution in [0.15, 0.2) is 35.9 Å². The van der Waals surface area contributed by atoms with Gasteiger partial charge in [-0.15, -0.1) is 0 Å². The molecule has 86 valence electrons. The predicted octanol–water partition coefficient (Wildman–Crippen LogP) is 4.05. The standard InChI is InChI=1S/C14H17ClO/c1-2-11-7-9-14(16,10-8-11)12-3-5-13(15)6-4-12/h2-6,16H,7-10H2,1H3. The number of allylic oxidation sites excluding steroid dienone is 2. The molecule has 2 heteroatoms. The third-order valence-corrected chi connectivity index (χ3v) is 3.76. The molecule has 0 spiro atoms. The summed E-state index contributed by atoms with van der Waals surface area (Å²) in [5, 5.41) is 11.3. The van der Waals surface area contributed by atoms with E-state index < -0.39 is 5.60 Å². The van der Waals surface area contributed by atoms with Gasteiger partial charge in [-0.1, -0.05) is 35.4 Å². The molecule has 1 aromatic rings. The second-order valence-corrected chi connectivity index (χ2v) is 4.92. The largest absolute Gasteiger partial charge is 0.385 e. The SMILES string of the molecule is CC=C1CCC(O)(c2ccc(Cl)cc2)CC1. The normalized spacial score (nSPS) is 25.6. The first kappa shape index (κ1) is 11.7. The van der Waals surface area contributed by atoms with Crippen LogP contribution in [0.3, 0.4) is 0 Å². The molecule has 0 heterocycles. The molecule has 0 amide bonds. The number of rotatable bonds is 1. The zero-order valence-corrected chi connectivity index (χ0v) is 10.3. The van der Waals surface area contributed by atoms with Crippen LogP contribution in [0.4, 0.5) is 0 Å². The summed E-state index contributed by atoms with van der Waals surface area (Å²) >= 11 is 5.85. The molecule has 0 aromatic heterocycles. The van der Waals surface area contributed by atoms with Crippen LogP contribution in [0.25, 0.3) is 0 Å². The van der Waals surface area contributed by atoms with Crippen molar-refractivity contribution in [2.24, 2.45) is 0 Å². The van der Waals surface area contributed by atoms with Gasteiger partial charge in [0.15, 0.2) is 0 Å². The lowest BCUT2D eigenvalue weighted by Crippen LogP contribution is -2.29. The maximum absolute atomic E-state index is 10.6. The smallest absolute Gasteiger partial charge is 0.0902 e. The minimum absolute atomic E-state index is 0.656. The highest BCUT2D eigenvalue weighted by molar-refractivity contribution is 6.30. The summed E-state index contributed by atoms with van der Waals surface area (Å²) in [6.07, 6.45) is 5.79. The van der Waals surface area contributed by atoms with Gasteiger partial charge < -0.3 is 5.11 Å². The molecule has 1 aliphatic rings. The van der Waals surface area contributed by atoms with Gasteiger partial charge in [-0.25, -0.2) is 0 Å². The molecule has 1 nitrogen and oxygen atoms in total. The molecular weight excluding hydrogens is 220 g/mol. The van der Waals surface area contributed by atoms with Crippen molar-refractivity contribution in [3.05, 3.63) is 46.5 Å². The maximum Gasteiger partial charge on any atom is 0.0902 e. The van der Waals surface area contributed by atoms with E-state index in [2.05, 4.69) is 13.0 Å². The van der Waals surface area contributed by atoms with E-state index >= 15 is 0 Å². The van der Waals surface area contributed by atoms with Gasteiger partial charge >= 0.3 is 0 Å². The van der Waals surface area contributed by atoms with Crippen LogP contribution in [0, 0.1) is 0 Å². The van der Waals surface area contributed by atoms with Gasteiger partial charge in [0.1, 0.15) is 0 Å². The minimum Gasteiger partial charge on any atom is -0.385 e. The number of hydrogen-bond acceptors (Lipinski definition) is 1. The van der Waals surface area contributed by atoms with Crippen molar-refractivity contribution in [1.82, 2.24) is 0 Å². The first-order chi connectivity index (χ1) is 7.64. The van der Waals surface area contributed by atoms with Crippen LogP contribution in [0.5, 0.6) is 0 Å². The lowest BCUT2D eigenvalue weighted by Gasteiger charge is -2.33. The van der Waals surface area contributed by atoms with Gasteiger partial charge in [0.25, 0.3) is 0 Å². The van der Waals surface area contributed by atoms with E-state index in [9.17, 15) is 5.11 Å². The Balaban J connectivity index is 2.18. The van der Waals surface area contributed by atoms with E-state index in [0.717, 1.165) is 36.3 Å². The number of halogens is 1. The Morgan fingerprint density at radius 3 is 2.25 bits per heavy atom. The molecule has 0 bridgehead atoms. The molecule has 0 atom stereocenters. The van der Waals surface area contributed by atoms with Gasteiger partial charge in [0, 0.05) is 5.02 Å². The number of aliphatic hydroxyl groups is 1. The Labute approximate surface area is 102 Å². The zero-order valence-electron chi connectivity index (χ0n) is 9.54. The van der Waals surface area contributed by atoms with Gasteiger partial charge in [0.2, 0.25) is 0 Å². The summed E-state index contributed by atoms with van der Waals surface area (Å²) in [5.74, 6) is 0. The molecule has 16 heavy (non-hydrogen) atoms. The molecule has 1 saturated carbocycles. The second-order valence-electron chi connectivity index (χ2n) is 4.49. The summed E-state index contributed by atoms with van der Waals surface area (Å²) in [6.45, 7) is 2.07. The van der Waals surface area contributed by atoms with Crippen molar-refractivity contribution in [2.75, 3.05) is 0 Å². The Hall–Kier alpha value is -0.790. The van der Waals surface area contributed by atoms with Crippen molar-refractivity contribution < 1.29 is 5.11 Å². The third-order valence-electron chi connectivity index (χ3n) is 3.51. The molecule has 0 aliphatic heterocycles. The van der Waals surface area contributed by atoms with Crippen LogP contribution in [0.2, 0.25) is 5.02 Å². The molecule has 0 saturated heterocycles. The van der Waals surface area contributed by atoms with Crippen LogP contribution in [-0.4, -0.2) is 5.11 Å². The van der Waals surface area contributed by atoms with E-state index in [1.54, 1.807) is 0 Å². The van der Waals surface area contributed by atoms with Crippen molar-refractivity contribution >= 4 is 11.6 Å². The van der Waals surface area contributed by atoms with Crippen molar-refractivity contribution in [2.45, 2.75) is 38.2 Å². The Bertz CT molecular complexity index is 382. The molecule has 1 N–H and O–H groups in total. The monoisotopic (exact) mass is 236 g/mol. The Morgan fingerprint density at radius 1 is 1.19 bits per heavy atom. The number of benzene rings is 1. The van der Waals surface area contributed by atoms with Gasteiger partial charge in [-0.05, 0) is 50.3 Å². The molecule has 0 radical (unpaired) electrons. The van der Waals surface area contributed by atoms with E-state index in [4.69, 9.17) is 11.6 Å². The quantitative estimate of drug-likeness (QED) is 0.730. The summed E-state index contributed by atoms with van der Waals surface area (Å²) in [5.41, 5.74) is 1.79. The average molecular weight is 237 g/mol. The topological polar surface area (TPSA) is 20.2 Å². The highest BCUT2D eigenvalue weighted by Gasteiger charge is 2.32. The molecule has 1 fully saturated rings. The van der Waals surface area contributed by atoms with E-state index in [1.807, 2.05) is 24.3 Å². The predicted molar refractivity (Wildman–Crippen MR) is 67.6 cm³/mol. The van der Waals surface area contributed by atoms with E-state index in [0.29, 0.717) is 0 Å². The first-order valence-electron chi connectivity index (χ1n) is 5.76. The summed E-state index contributed by atoms with van der Waals surface area (Å²) < 4.78 is 0. The highest BCUT2D eigenvalue weighted by Crippen LogP contribution is 2.39. The molecule has 0 unspecified atom stereocenters. The summed E-state index contributed by atoms with van der Waals surface area (Å²) in [4.78, 5) is 0. The van der Waals surface area contributed by atoms with Crippen LogP contribution in [0.1, 0.15) is 38.2 Å². The summed E-state index contributed by atoms with van der Waals surface area (Å²) in [6, 6.07) is 7.56. The molecular formula is C14H17ClO. The van der Waals surface area contributed by atoms with Gasteiger partial charge in [-0.2, -0.15) is 0 Å². The molecule has 2 rings (SSSR count). The Kier molecular flexibility index (Phi) is 3.36. The lowest BCUT2D eigenvalue weighted by molar-refractivity contribution is 0.00927. The Morgan fingerprint density at radius 2 is 1.75 bits per heavy atom.